The first-order chi connectivity index (χ1) is 9.58. The van der Waals surface area contributed by atoms with E-state index in [1.165, 1.54) is 24.3 Å². The van der Waals surface area contributed by atoms with Crippen molar-refractivity contribution < 1.29 is 23.1 Å². The summed E-state index contributed by atoms with van der Waals surface area (Å²) in [5, 5.41) is 9.04. The van der Waals surface area contributed by atoms with E-state index in [4.69, 9.17) is 9.52 Å². The highest BCUT2D eigenvalue weighted by atomic mass is 19.1. The van der Waals surface area contributed by atoms with Crippen molar-refractivity contribution in [3.63, 3.8) is 0 Å². The van der Waals surface area contributed by atoms with E-state index in [0.717, 1.165) is 12.1 Å². The second kappa shape index (κ2) is 4.41. The van der Waals surface area contributed by atoms with Crippen LogP contribution in [0, 0.1) is 11.6 Å². The number of carboxylic acids is 1. The predicted octanol–water partition coefficient (Wildman–Crippen LogP) is 3.47. The van der Waals surface area contributed by atoms with Crippen LogP contribution in [-0.4, -0.2) is 16.1 Å². The number of aromatic nitrogens is 1. The van der Waals surface area contributed by atoms with Crippen LogP contribution in [0.2, 0.25) is 0 Å². The van der Waals surface area contributed by atoms with Crippen molar-refractivity contribution in [2.24, 2.45) is 0 Å². The molecule has 0 saturated carbocycles. The van der Waals surface area contributed by atoms with Gasteiger partial charge in [0.25, 0.3) is 0 Å². The molecule has 20 heavy (non-hydrogen) atoms. The van der Waals surface area contributed by atoms with Crippen molar-refractivity contribution >= 4 is 17.1 Å². The number of carboxylic acid groups (broad SMARTS) is 1. The fourth-order valence-corrected chi connectivity index (χ4v) is 1.93. The quantitative estimate of drug-likeness (QED) is 0.777. The van der Waals surface area contributed by atoms with Gasteiger partial charge >= 0.3 is 5.97 Å². The Labute approximate surface area is 111 Å². The largest absolute Gasteiger partial charge is 0.478 e. The van der Waals surface area contributed by atoms with Gasteiger partial charge in [-0.1, -0.05) is 12.1 Å². The molecule has 0 spiro atoms. The van der Waals surface area contributed by atoms with Crippen LogP contribution in [0.15, 0.2) is 40.8 Å². The minimum Gasteiger partial charge on any atom is -0.478 e. The monoisotopic (exact) mass is 275 g/mol. The maximum absolute atomic E-state index is 13.7. The number of hydrogen-bond donors (Lipinski definition) is 1. The summed E-state index contributed by atoms with van der Waals surface area (Å²) in [6, 6.07) is 7.67. The lowest BCUT2D eigenvalue weighted by Gasteiger charge is -1.98. The predicted molar refractivity (Wildman–Crippen MR) is 66.3 cm³/mol. The van der Waals surface area contributed by atoms with Crippen LogP contribution in [0.3, 0.4) is 0 Å². The molecule has 6 heteroatoms. The van der Waals surface area contributed by atoms with Crippen LogP contribution in [0.1, 0.15) is 10.4 Å². The van der Waals surface area contributed by atoms with Crippen LogP contribution in [0.25, 0.3) is 22.6 Å². The van der Waals surface area contributed by atoms with Gasteiger partial charge in [-0.3, -0.25) is 0 Å². The molecule has 0 bridgehead atoms. The fraction of sp³-hybridized carbons (Fsp3) is 0. The van der Waals surface area contributed by atoms with Gasteiger partial charge in [0.05, 0.1) is 5.56 Å². The first-order valence-electron chi connectivity index (χ1n) is 5.65. The maximum Gasteiger partial charge on any atom is 0.338 e. The van der Waals surface area contributed by atoms with Gasteiger partial charge < -0.3 is 9.52 Å². The summed E-state index contributed by atoms with van der Waals surface area (Å²) in [5.74, 6) is -3.13. The molecule has 1 aromatic heterocycles. The number of oxazole rings is 1. The number of para-hydroxylation sites is 1. The summed E-state index contributed by atoms with van der Waals surface area (Å²) in [7, 11) is 0. The first kappa shape index (κ1) is 12.3. The Morgan fingerprint density at radius 1 is 1.10 bits per heavy atom. The topological polar surface area (TPSA) is 63.3 Å². The number of carbonyl (C=O) groups is 1. The third-order valence-electron chi connectivity index (χ3n) is 2.83. The van der Waals surface area contributed by atoms with Gasteiger partial charge in [-0.15, -0.1) is 0 Å². The highest BCUT2D eigenvalue weighted by Crippen LogP contribution is 2.29. The van der Waals surface area contributed by atoms with Gasteiger partial charge in [-0.05, 0) is 24.3 Å². The molecule has 3 rings (SSSR count). The van der Waals surface area contributed by atoms with Crippen LogP contribution in [0.5, 0.6) is 0 Å². The van der Waals surface area contributed by atoms with E-state index in [1.807, 2.05) is 0 Å². The van der Waals surface area contributed by atoms with Crippen LogP contribution < -0.4 is 0 Å². The smallest absolute Gasteiger partial charge is 0.338 e. The van der Waals surface area contributed by atoms with E-state index in [-0.39, 0.29) is 22.6 Å². The lowest BCUT2D eigenvalue weighted by molar-refractivity contribution is 0.0699. The molecule has 100 valence electrons. The van der Waals surface area contributed by atoms with Gasteiger partial charge in [0.1, 0.15) is 22.7 Å². The molecular formula is C14H7F2NO3. The fourth-order valence-electron chi connectivity index (χ4n) is 1.93. The van der Waals surface area contributed by atoms with E-state index >= 15 is 0 Å². The van der Waals surface area contributed by atoms with Crippen LogP contribution in [0.4, 0.5) is 8.78 Å². The zero-order chi connectivity index (χ0) is 14.3. The molecule has 0 saturated heterocycles. The average Bonchev–Trinajstić information content (AvgIpc) is 2.81. The molecule has 0 aliphatic heterocycles. The Hall–Kier alpha value is -2.76. The molecule has 0 amide bonds. The number of nitrogens with zero attached hydrogens (tertiary/aromatic N) is 1. The molecule has 0 atom stereocenters. The van der Waals surface area contributed by atoms with E-state index in [0.29, 0.717) is 0 Å². The Bertz CT molecular complexity index is 806. The summed E-state index contributed by atoms with van der Waals surface area (Å²) in [6.07, 6.45) is 0. The SMILES string of the molecule is O=C(O)c1cccc2oc(-c3c(F)cccc3F)nc12. The maximum atomic E-state index is 13.7. The van der Waals surface area contributed by atoms with Gasteiger partial charge in [-0.25, -0.2) is 18.6 Å². The Balaban J connectivity index is 2.29. The number of benzene rings is 2. The van der Waals surface area contributed by atoms with Crippen LogP contribution >= 0.6 is 0 Å². The average molecular weight is 275 g/mol. The van der Waals surface area contributed by atoms with Crippen molar-refractivity contribution in [3.8, 4) is 11.5 Å². The van der Waals surface area contributed by atoms with Gasteiger partial charge in [0.2, 0.25) is 5.89 Å². The zero-order valence-electron chi connectivity index (χ0n) is 9.93. The van der Waals surface area contributed by atoms with Crippen molar-refractivity contribution in [2.75, 3.05) is 0 Å². The van der Waals surface area contributed by atoms with Gasteiger partial charge in [-0.2, -0.15) is 0 Å². The summed E-state index contributed by atoms with van der Waals surface area (Å²) in [4.78, 5) is 15.0. The Kier molecular flexibility index (Phi) is 2.71. The summed E-state index contributed by atoms with van der Waals surface area (Å²) in [6.45, 7) is 0. The molecule has 0 aliphatic rings. The number of fused-ring (bicyclic) bond motifs is 1. The molecule has 2 aromatic carbocycles. The summed E-state index contributed by atoms with van der Waals surface area (Å²) in [5.41, 5.74) is -0.297. The Morgan fingerprint density at radius 2 is 1.75 bits per heavy atom. The number of hydrogen-bond acceptors (Lipinski definition) is 3. The van der Waals surface area contributed by atoms with E-state index in [1.54, 1.807) is 0 Å². The number of rotatable bonds is 2. The minimum atomic E-state index is -1.19. The summed E-state index contributed by atoms with van der Waals surface area (Å²) >= 11 is 0. The zero-order valence-corrected chi connectivity index (χ0v) is 9.93. The first-order valence-corrected chi connectivity index (χ1v) is 5.65. The van der Waals surface area contributed by atoms with Crippen molar-refractivity contribution in [3.05, 3.63) is 53.6 Å². The Morgan fingerprint density at radius 3 is 2.40 bits per heavy atom. The second-order valence-electron chi connectivity index (χ2n) is 4.07. The summed E-state index contributed by atoms with van der Waals surface area (Å²) < 4.78 is 32.6. The highest BCUT2D eigenvalue weighted by molar-refractivity contribution is 6.00. The molecule has 0 unspecified atom stereocenters. The second-order valence-corrected chi connectivity index (χ2v) is 4.07. The normalized spacial score (nSPS) is 10.9. The van der Waals surface area contributed by atoms with E-state index < -0.39 is 23.2 Å². The third kappa shape index (κ3) is 1.82. The van der Waals surface area contributed by atoms with Crippen molar-refractivity contribution in [1.82, 2.24) is 4.98 Å². The lowest BCUT2D eigenvalue weighted by atomic mass is 10.2. The molecule has 0 fully saturated rings. The third-order valence-corrected chi connectivity index (χ3v) is 2.83. The van der Waals surface area contributed by atoms with Crippen molar-refractivity contribution in [1.29, 1.82) is 0 Å². The van der Waals surface area contributed by atoms with E-state index in [9.17, 15) is 13.6 Å². The standard InChI is InChI=1S/C14H7F2NO3/c15-8-4-2-5-9(16)11(8)13-17-12-7(14(18)19)3-1-6-10(12)20-13/h1-6H,(H,18,19). The highest BCUT2D eigenvalue weighted by Gasteiger charge is 2.20. The molecular weight excluding hydrogens is 268 g/mol. The molecule has 4 nitrogen and oxygen atoms in total. The molecule has 0 radical (unpaired) electrons. The van der Waals surface area contributed by atoms with Crippen LogP contribution in [-0.2, 0) is 0 Å². The molecule has 1 N–H and O–H groups in total. The lowest BCUT2D eigenvalue weighted by Crippen LogP contribution is -1.96. The molecule has 1 heterocycles. The number of halogens is 2. The van der Waals surface area contributed by atoms with Gasteiger partial charge in [0, 0.05) is 0 Å². The molecule has 0 aliphatic carbocycles. The van der Waals surface area contributed by atoms with Crippen molar-refractivity contribution in [2.45, 2.75) is 0 Å². The van der Waals surface area contributed by atoms with Gasteiger partial charge in [0.15, 0.2) is 5.58 Å². The molecule has 3 aromatic rings. The number of aromatic carboxylic acids is 1. The van der Waals surface area contributed by atoms with E-state index in [2.05, 4.69) is 4.98 Å². The minimum absolute atomic E-state index is 0.0534.